The number of nitrogens with zero attached hydrogens (tertiary/aromatic N) is 2. The number of methoxy groups -OCH3 is 1. The third kappa shape index (κ3) is 3.25. The number of carbonyl (C=O) groups is 2. The molecule has 0 saturated heterocycles. The van der Waals surface area contributed by atoms with Gasteiger partial charge in [-0.05, 0) is 55.8 Å². The summed E-state index contributed by atoms with van der Waals surface area (Å²) in [7, 11) is 1.55. The molecule has 0 bridgehead atoms. The number of hydrogen-bond acceptors (Lipinski definition) is 6. The van der Waals surface area contributed by atoms with Crippen LogP contribution in [0.3, 0.4) is 0 Å². The van der Waals surface area contributed by atoms with Crippen molar-refractivity contribution in [2.75, 3.05) is 12.0 Å². The summed E-state index contributed by atoms with van der Waals surface area (Å²) < 4.78 is 14.0. The first-order chi connectivity index (χ1) is 17.3. The van der Waals surface area contributed by atoms with Crippen molar-refractivity contribution >= 4 is 41.1 Å². The van der Waals surface area contributed by atoms with E-state index in [-0.39, 0.29) is 0 Å². The molecule has 1 amide bonds. The van der Waals surface area contributed by atoms with Crippen LogP contribution in [0.15, 0.2) is 66.7 Å². The summed E-state index contributed by atoms with van der Waals surface area (Å²) in [4.78, 5) is 28.4. The van der Waals surface area contributed by atoms with E-state index >= 15 is 0 Å². The number of rotatable bonds is 5. The molecular weight excluding hydrogens is 492 g/mol. The maximum atomic E-state index is 13.1. The van der Waals surface area contributed by atoms with E-state index in [0.29, 0.717) is 28.2 Å². The molecule has 4 aromatic rings. The molecule has 0 radical (unpaired) electrons. The lowest BCUT2D eigenvalue weighted by Gasteiger charge is -2.39. The maximum Gasteiger partial charge on any atom is 0.300 e. The molecule has 180 valence electrons. The first kappa shape index (κ1) is 22.7. The fourth-order valence-electron chi connectivity index (χ4n) is 4.90. The fourth-order valence-corrected chi connectivity index (χ4v) is 6.59. The topological polar surface area (TPSA) is 60.8 Å². The average Bonchev–Trinajstić information content (AvgIpc) is 3.38. The van der Waals surface area contributed by atoms with Crippen LogP contribution >= 0.6 is 23.8 Å². The van der Waals surface area contributed by atoms with E-state index in [1.54, 1.807) is 18.1 Å². The van der Waals surface area contributed by atoms with Crippen molar-refractivity contribution in [2.24, 2.45) is 0 Å². The Morgan fingerprint density at radius 1 is 0.944 bits per heavy atom. The van der Waals surface area contributed by atoms with Gasteiger partial charge in [0.15, 0.2) is 0 Å². The highest BCUT2D eigenvalue weighted by atomic mass is 32.1. The quantitative estimate of drug-likeness (QED) is 0.231. The second-order valence-electron chi connectivity index (χ2n) is 9.26. The van der Waals surface area contributed by atoms with Crippen molar-refractivity contribution in [2.45, 2.75) is 26.0 Å². The maximum absolute atomic E-state index is 13.1. The highest BCUT2D eigenvalue weighted by molar-refractivity contribution is 7.71. The van der Waals surface area contributed by atoms with Gasteiger partial charge in [0.1, 0.15) is 22.7 Å². The van der Waals surface area contributed by atoms with Crippen molar-refractivity contribution in [1.29, 1.82) is 0 Å². The molecule has 3 aromatic carbocycles. The molecule has 2 aliphatic heterocycles. The van der Waals surface area contributed by atoms with Gasteiger partial charge in [-0.3, -0.25) is 18.4 Å². The number of ether oxygens (including phenoxy) is 2. The van der Waals surface area contributed by atoms with Crippen LogP contribution in [-0.4, -0.2) is 22.8 Å². The third-order valence-electron chi connectivity index (χ3n) is 6.70. The van der Waals surface area contributed by atoms with E-state index in [1.807, 2.05) is 78.5 Å². The fraction of sp³-hybridized carbons (Fsp3) is 0.179. The van der Waals surface area contributed by atoms with E-state index in [9.17, 15) is 9.59 Å². The Balaban J connectivity index is 1.43. The summed E-state index contributed by atoms with van der Waals surface area (Å²) in [6.45, 7) is 4.40. The number of fused-ring (bicyclic) bond motifs is 2. The van der Waals surface area contributed by atoms with Gasteiger partial charge in [0.2, 0.25) is 0 Å². The van der Waals surface area contributed by atoms with E-state index in [2.05, 4.69) is 0 Å². The molecule has 0 aliphatic carbocycles. The van der Waals surface area contributed by atoms with E-state index in [1.165, 1.54) is 11.5 Å². The highest BCUT2D eigenvalue weighted by Gasteiger charge is 2.51. The predicted molar refractivity (Wildman–Crippen MR) is 142 cm³/mol. The smallest absolute Gasteiger partial charge is 0.300 e. The number of anilines is 1. The number of Topliss-reactive ketones (excluding diaryl/α,β-unsaturated/α-hetero) is 1. The second-order valence-corrected chi connectivity index (χ2v) is 10.6. The Kier molecular flexibility index (Phi) is 5.14. The van der Waals surface area contributed by atoms with Gasteiger partial charge in [-0.25, -0.2) is 0 Å². The number of ketones is 1. The molecule has 0 atom stereocenters. The number of aromatic nitrogens is 1. The number of amides is 1. The van der Waals surface area contributed by atoms with Crippen LogP contribution < -0.4 is 14.4 Å². The van der Waals surface area contributed by atoms with Gasteiger partial charge in [0.25, 0.3) is 11.7 Å². The molecule has 2 aliphatic rings. The summed E-state index contributed by atoms with van der Waals surface area (Å²) >= 11 is 7.46. The number of benzene rings is 3. The minimum atomic E-state index is -0.739. The molecule has 0 fully saturated rings. The van der Waals surface area contributed by atoms with Gasteiger partial charge in [-0.1, -0.05) is 54.1 Å². The van der Waals surface area contributed by atoms with Crippen LogP contribution in [0.25, 0.3) is 16.8 Å². The largest absolute Gasteiger partial charge is 0.497 e. The van der Waals surface area contributed by atoms with Gasteiger partial charge < -0.3 is 9.47 Å². The third-order valence-corrected chi connectivity index (χ3v) is 8.66. The lowest BCUT2D eigenvalue weighted by Crippen LogP contribution is -2.46. The van der Waals surface area contributed by atoms with Crippen molar-refractivity contribution in [3.63, 3.8) is 0 Å². The summed E-state index contributed by atoms with van der Waals surface area (Å²) in [6.07, 6.45) is 0. The number of hydrogen-bond donors (Lipinski definition) is 0. The van der Waals surface area contributed by atoms with Crippen LogP contribution in [0.2, 0.25) is 0 Å². The summed E-state index contributed by atoms with van der Waals surface area (Å²) in [5.74, 6) is 0.240. The van der Waals surface area contributed by atoms with Gasteiger partial charge in [0, 0.05) is 11.1 Å². The molecule has 0 N–H and O–H groups in total. The van der Waals surface area contributed by atoms with E-state index in [4.69, 9.17) is 21.7 Å². The zero-order valence-corrected chi connectivity index (χ0v) is 21.5. The average molecular weight is 515 g/mol. The van der Waals surface area contributed by atoms with Crippen LogP contribution in [0.4, 0.5) is 5.69 Å². The van der Waals surface area contributed by atoms with Crippen molar-refractivity contribution < 1.29 is 19.1 Å². The Morgan fingerprint density at radius 3 is 2.33 bits per heavy atom. The van der Waals surface area contributed by atoms with Crippen molar-refractivity contribution in [3.8, 4) is 28.3 Å². The van der Waals surface area contributed by atoms with E-state index in [0.717, 1.165) is 33.0 Å². The molecule has 3 heterocycles. The van der Waals surface area contributed by atoms with Crippen LogP contribution in [-0.2, 0) is 16.9 Å². The second kappa shape index (κ2) is 8.15. The standard InChI is InChI=1S/C28H22N2O4S2/c1-28(2)25-22(20-13-19(33-3)14-21-23(20)29(28)26(32)24(21)31)27(35)30(36-25)17-9-11-18(12-10-17)34-15-16-7-5-4-6-8-16/h4-14H,15H2,1-3H3. The summed E-state index contributed by atoms with van der Waals surface area (Å²) in [6, 6.07) is 21.3. The Hall–Kier alpha value is -3.75. The van der Waals surface area contributed by atoms with Crippen LogP contribution in [0.5, 0.6) is 11.5 Å². The molecule has 0 unspecified atom stereocenters. The molecule has 36 heavy (non-hydrogen) atoms. The molecule has 8 heteroatoms. The first-order valence-corrected chi connectivity index (χ1v) is 12.6. The Morgan fingerprint density at radius 2 is 1.64 bits per heavy atom. The SMILES string of the molecule is COc1cc2c3c(c1)-c1c(sn(-c4ccc(OCc5ccccc5)cc4)c1=S)C(C)(C)N3C(=O)C2=O. The van der Waals surface area contributed by atoms with E-state index < -0.39 is 17.2 Å². The zero-order chi connectivity index (χ0) is 25.2. The van der Waals surface area contributed by atoms with Crippen LogP contribution in [0.1, 0.15) is 34.6 Å². The minimum Gasteiger partial charge on any atom is -0.497 e. The van der Waals surface area contributed by atoms with Gasteiger partial charge in [-0.15, -0.1) is 0 Å². The Bertz CT molecular complexity index is 1600. The van der Waals surface area contributed by atoms with Gasteiger partial charge in [0.05, 0.1) is 34.5 Å². The molecule has 1 aromatic heterocycles. The van der Waals surface area contributed by atoms with Crippen molar-refractivity contribution in [1.82, 2.24) is 3.96 Å². The minimum absolute atomic E-state index is 0.361. The normalized spacial score (nSPS) is 15.0. The van der Waals surface area contributed by atoms with Gasteiger partial charge in [-0.2, -0.15) is 0 Å². The molecule has 0 saturated carbocycles. The summed E-state index contributed by atoms with van der Waals surface area (Å²) in [5.41, 5.74) is 3.85. The molecule has 6 nitrogen and oxygen atoms in total. The van der Waals surface area contributed by atoms with Crippen LogP contribution in [0, 0.1) is 4.64 Å². The first-order valence-electron chi connectivity index (χ1n) is 11.5. The molecule has 6 rings (SSSR count). The monoisotopic (exact) mass is 514 g/mol. The van der Waals surface area contributed by atoms with Crippen molar-refractivity contribution in [3.05, 3.63) is 87.4 Å². The zero-order valence-electron chi connectivity index (χ0n) is 19.9. The Labute approximate surface area is 217 Å². The predicted octanol–water partition coefficient (Wildman–Crippen LogP) is 6.30. The summed E-state index contributed by atoms with van der Waals surface area (Å²) in [5, 5.41) is 0. The lowest BCUT2D eigenvalue weighted by molar-refractivity contribution is -0.115. The molecule has 0 spiro atoms. The number of carbonyl (C=O) groups excluding carboxylic acids is 2. The molecular formula is C28H22N2O4S2. The highest BCUT2D eigenvalue weighted by Crippen LogP contribution is 2.55. The van der Waals surface area contributed by atoms with Gasteiger partial charge >= 0.3 is 0 Å². The lowest BCUT2D eigenvalue weighted by atomic mass is 9.87.